The van der Waals surface area contributed by atoms with Gasteiger partial charge in [-0.3, -0.25) is 4.79 Å². The van der Waals surface area contributed by atoms with Gasteiger partial charge in [0, 0.05) is 31.7 Å². The summed E-state index contributed by atoms with van der Waals surface area (Å²) in [6.45, 7) is 7.39. The van der Waals surface area contributed by atoms with Crippen LogP contribution in [-0.4, -0.2) is 62.4 Å². The molecule has 0 bridgehead atoms. The van der Waals surface area contributed by atoms with E-state index in [1.165, 1.54) is 0 Å². The molecule has 2 aromatic heterocycles. The second-order valence-corrected chi connectivity index (χ2v) is 14.5. The fourth-order valence-electron chi connectivity index (χ4n) is 7.05. The first-order chi connectivity index (χ1) is 20.6. The number of aryl methyl sites for hydroxylation is 2. The van der Waals surface area contributed by atoms with Crippen molar-refractivity contribution >= 4 is 32.8 Å². The van der Waals surface area contributed by atoms with Crippen LogP contribution in [0.15, 0.2) is 53.6 Å². The lowest BCUT2D eigenvalue weighted by molar-refractivity contribution is -0.137. The number of fused-ring (bicyclic) bond motifs is 4. The van der Waals surface area contributed by atoms with E-state index in [1.807, 2.05) is 48.9 Å². The quantitative estimate of drug-likeness (QED) is 0.316. The van der Waals surface area contributed by atoms with Crippen LogP contribution in [0.25, 0.3) is 11.0 Å². The van der Waals surface area contributed by atoms with Crippen molar-refractivity contribution in [2.75, 3.05) is 18.0 Å². The molecule has 4 heterocycles. The SMILES string of the molecule is Cc1ccc([C@H](CC(=O)O)c2ccc3c(nnn3C3CC3)c2C)cc1CN1C[C@@]2(C)CCCN2c2ncccc2S1(=O)=O. The van der Waals surface area contributed by atoms with Crippen molar-refractivity contribution in [1.82, 2.24) is 24.3 Å². The van der Waals surface area contributed by atoms with Gasteiger partial charge in [0.2, 0.25) is 10.0 Å². The Bertz CT molecular complexity index is 1870. The van der Waals surface area contributed by atoms with Crippen molar-refractivity contribution in [2.45, 2.75) is 81.8 Å². The van der Waals surface area contributed by atoms with Crippen molar-refractivity contribution in [3.05, 3.63) is 76.5 Å². The van der Waals surface area contributed by atoms with Crippen LogP contribution in [0, 0.1) is 13.8 Å². The van der Waals surface area contributed by atoms with Crippen LogP contribution < -0.4 is 4.90 Å². The van der Waals surface area contributed by atoms with E-state index in [0.29, 0.717) is 18.4 Å². The second kappa shape index (κ2) is 10.1. The summed E-state index contributed by atoms with van der Waals surface area (Å²) in [6, 6.07) is 13.7. The third-order valence-electron chi connectivity index (χ3n) is 9.60. The Balaban J connectivity index is 1.28. The lowest BCUT2D eigenvalue weighted by Gasteiger charge is -2.36. The van der Waals surface area contributed by atoms with Gasteiger partial charge < -0.3 is 10.0 Å². The lowest BCUT2D eigenvalue weighted by atomic mass is 9.84. The van der Waals surface area contributed by atoms with Gasteiger partial charge in [-0.05, 0) is 92.5 Å². The highest BCUT2D eigenvalue weighted by Crippen LogP contribution is 2.43. The number of carbonyl (C=O) groups is 1. The predicted octanol–water partition coefficient (Wildman–Crippen LogP) is 4.95. The molecule has 2 atom stereocenters. The van der Waals surface area contributed by atoms with Gasteiger partial charge in [0.1, 0.15) is 16.2 Å². The van der Waals surface area contributed by atoms with Gasteiger partial charge in [-0.1, -0.05) is 29.5 Å². The van der Waals surface area contributed by atoms with Gasteiger partial charge in [0.05, 0.1) is 23.5 Å². The number of nitrogens with zero attached hydrogens (tertiary/aromatic N) is 6. The van der Waals surface area contributed by atoms with Crippen LogP contribution in [0.1, 0.15) is 78.8 Å². The number of pyridine rings is 1. The number of hydrogen-bond donors (Lipinski definition) is 1. The van der Waals surface area contributed by atoms with E-state index in [1.54, 1.807) is 22.6 Å². The Morgan fingerprint density at radius 1 is 1.16 bits per heavy atom. The summed E-state index contributed by atoms with van der Waals surface area (Å²) in [4.78, 5) is 19.1. The average molecular weight is 601 g/mol. The first-order valence-corrected chi connectivity index (χ1v) is 16.4. The summed E-state index contributed by atoms with van der Waals surface area (Å²) >= 11 is 0. The van der Waals surface area contributed by atoms with Crippen molar-refractivity contribution < 1.29 is 18.3 Å². The molecule has 4 aromatic rings. The van der Waals surface area contributed by atoms with Gasteiger partial charge >= 0.3 is 5.97 Å². The zero-order valence-electron chi connectivity index (χ0n) is 24.7. The van der Waals surface area contributed by atoms with E-state index in [9.17, 15) is 18.3 Å². The fraction of sp³-hybridized carbons (Fsp3) is 0.438. The molecule has 2 aliphatic heterocycles. The maximum atomic E-state index is 14.1. The minimum atomic E-state index is -3.83. The van der Waals surface area contributed by atoms with Crippen molar-refractivity contribution in [3.8, 4) is 0 Å². The number of sulfonamides is 1. The largest absolute Gasteiger partial charge is 0.481 e. The second-order valence-electron chi connectivity index (χ2n) is 12.6. The zero-order valence-corrected chi connectivity index (χ0v) is 25.5. The van der Waals surface area contributed by atoms with E-state index < -0.39 is 21.9 Å². The summed E-state index contributed by atoms with van der Waals surface area (Å²) in [5.41, 5.74) is 5.86. The number of carboxylic acid groups (broad SMARTS) is 1. The van der Waals surface area contributed by atoms with E-state index in [-0.39, 0.29) is 23.4 Å². The molecule has 0 unspecified atom stereocenters. The first-order valence-electron chi connectivity index (χ1n) is 15.0. The summed E-state index contributed by atoms with van der Waals surface area (Å²) in [7, 11) is -3.83. The molecule has 2 aromatic carbocycles. The monoisotopic (exact) mass is 600 g/mol. The molecule has 1 aliphatic carbocycles. The van der Waals surface area contributed by atoms with Crippen molar-refractivity contribution in [1.29, 1.82) is 0 Å². The third-order valence-corrected chi connectivity index (χ3v) is 11.4. The van der Waals surface area contributed by atoms with Crippen LogP contribution in [0.4, 0.5) is 5.82 Å². The number of hydrogen-bond acceptors (Lipinski definition) is 7. The standard InChI is InChI=1S/C32H36N6O4S/c1-20-7-8-22(26(17-29(39)40)25-11-12-27-30(21(25)2)34-35-38(27)24-9-10-24)16-23(20)18-36-19-32(3)13-5-15-37(32)31-28(43(36,41)42)6-4-14-33-31/h4,6-8,11-12,14,16,24,26H,5,9-10,13,15,17-19H2,1-3H3,(H,39,40)/t26-,32+/m0/s1. The van der Waals surface area contributed by atoms with E-state index in [0.717, 1.165) is 71.1 Å². The van der Waals surface area contributed by atoms with Crippen LogP contribution >= 0.6 is 0 Å². The molecule has 0 amide bonds. The smallest absolute Gasteiger partial charge is 0.304 e. The third kappa shape index (κ3) is 4.69. The molecular weight excluding hydrogens is 564 g/mol. The summed E-state index contributed by atoms with van der Waals surface area (Å²) < 4.78 is 31.7. The van der Waals surface area contributed by atoms with Gasteiger partial charge in [-0.2, -0.15) is 4.31 Å². The van der Waals surface area contributed by atoms with Crippen LogP contribution in [0.2, 0.25) is 0 Å². The molecule has 2 fully saturated rings. The van der Waals surface area contributed by atoms with E-state index >= 15 is 0 Å². The highest BCUT2D eigenvalue weighted by Gasteiger charge is 2.47. The maximum Gasteiger partial charge on any atom is 0.304 e. The number of benzene rings is 2. The number of aromatic nitrogens is 4. The minimum absolute atomic E-state index is 0.0975. The Morgan fingerprint density at radius 2 is 1.98 bits per heavy atom. The Morgan fingerprint density at radius 3 is 2.74 bits per heavy atom. The number of aliphatic carboxylic acids is 1. The molecule has 1 saturated carbocycles. The Hall–Kier alpha value is -3.83. The predicted molar refractivity (Wildman–Crippen MR) is 163 cm³/mol. The molecule has 43 heavy (non-hydrogen) atoms. The van der Waals surface area contributed by atoms with Crippen molar-refractivity contribution in [3.63, 3.8) is 0 Å². The molecule has 1 N–H and O–H groups in total. The molecule has 0 radical (unpaired) electrons. The van der Waals surface area contributed by atoms with Gasteiger partial charge in [0.15, 0.2) is 0 Å². The highest BCUT2D eigenvalue weighted by molar-refractivity contribution is 7.89. The summed E-state index contributed by atoms with van der Waals surface area (Å²) in [5.74, 6) is -0.802. The Kier molecular flexibility index (Phi) is 6.59. The first kappa shape index (κ1) is 28.0. The van der Waals surface area contributed by atoms with Crippen molar-refractivity contribution in [2.24, 2.45) is 0 Å². The van der Waals surface area contributed by atoms with E-state index in [4.69, 9.17) is 0 Å². The molecule has 3 aliphatic rings. The summed E-state index contributed by atoms with van der Waals surface area (Å²) in [5, 5.41) is 18.8. The Labute approximate surface area is 251 Å². The fourth-order valence-corrected chi connectivity index (χ4v) is 8.73. The van der Waals surface area contributed by atoms with E-state index in [2.05, 4.69) is 27.1 Å². The molecular formula is C32H36N6O4S. The molecule has 11 heteroatoms. The van der Waals surface area contributed by atoms with Crippen LogP contribution in [0.3, 0.4) is 0 Å². The maximum absolute atomic E-state index is 14.1. The lowest BCUT2D eigenvalue weighted by Crippen LogP contribution is -2.49. The van der Waals surface area contributed by atoms with Gasteiger partial charge in [0.25, 0.3) is 0 Å². The zero-order chi connectivity index (χ0) is 30.1. The summed E-state index contributed by atoms with van der Waals surface area (Å²) in [6.07, 6.45) is 5.61. The molecule has 0 spiro atoms. The molecule has 1 saturated heterocycles. The number of rotatable bonds is 7. The van der Waals surface area contributed by atoms with Crippen LogP contribution in [0.5, 0.6) is 0 Å². The topological polar surface area (TPSA) is 122 Å². The van der Waals surface area contributed by atoms with Crippen LogP contribution in [-0.2, 0) is 21.4 Å². The van der Waals surface area contributed by atoms with Gasteiger partial charge in [-0.15, -0.1) is 5.10 Å². The van der Waals surface area contributed by atoms with Gasteiger partial charge in [-0.25, -0.2) is 18.1 Å². The number of anilines is 1. The molecule has 7 rings (SSSR count). The normalized spacial score (nSPS) is 22.3. The highest BCUT2D eigenvalue weighted by atomic mass is 32.2. The minimum Gasteiger partial charge on any atom is -0.481 e. The molecule has 224 valence electrons. The molecule has 10 nitrogen and oxygen atoms in total. The number of carboxylic acids is 1. The average Bonchev–Trinajstić information content (AvgIpc) is 3.62.